The van der Waals surface area contributed by atoms with E-state index in [1.54, 1.807) is 11.9 Å². The fourth-order valence-corrected chi connectivity index (χ4v) is 2.57. The Bertz CT molecular complexity index is 393. The van der Waals surface area contributed by atoms with Gasteiger partial charge in [-0.05, 0) is 30.5 Å². The molecular formula is C10H12N2O2S. The smallest absolute Gasteiger partial charge is 0.229 e. The van der Waals surface area contributed by atoms with Crippen molar-refractivity contribution in [3.8, 4) is 5.88 Å². The summed E-state index contributed by atoms with van der Waals surface area (Å²) in [7, 11) is 0. The minimum atomic E-state index is -0.194. The topological polar surface area (TPSA) is 43.4 Å². The molecule has 0 aromatic carbocycles. The molecule has 3 rings (SSSR count). The van der Waals surface area contributed by atoms with Crippen LogP contribution in [0.5, 0.6) is 5.88 Å². The van der Waals surface area contributed by atoms with E-state index >= 15 is 0 Å². The van der Waals surface area contributed by atoms with Gasteiger partial charge in [0.15, 0.2) is 5.60 Å². The zero-order chi connectivity index (χ0) is 10.3. The van der Waals surface area contributed by atoms with Gasteiger partial charge in [0.2, 0.25) is 5.88 Å². The summed E-state index contributed by atoms with van der Waals surface area (Å²) in [5, 5.41) is 0. The minimum absolute atomic E-state index is 0.194. The molecule has 3 heterocycles. The van der Waals surface area contributed by atoms with Crippen LogP contribution in [0.15, 0.2) is 17.2 Å². The van der Waals surface area contributed by atoms with Gasteiger partial charge in [-0.1, -0.05) is 0 Å². The number of fused-ring (bicyclic) bond motifs is 1. The fraction of sp³-hybridized carbons (Fsp3) is 0.500. The lowest BCUT2D eigenvalue weighted by Crippen LogP contribution is -2.59. The predicted octanol–water partition coefficient (Wildman–Crippen LogP) is 1.15. The maximum absolute atomic E-state index is 5.92. The molecule has 4 nitrogen and oxygen atoms in total. The third kappa shape index (κ3) is 1.60. The summed E-state index contributed by atoms with van der Waals surface area (Å²) in [4.78, 5) is 5.37. The number of rotatable bonds is 0. The number of pyridine rings is 1. The highest BCUT2D eigenvalue weighted by atomic mass is 32.2. The van der Waals surface area contributed by atoms with Crippen LogP contribution in [0.1, 0.15) is 5.56 Å². The van der Waals surface area contributed by atoms with Crippen LogP contribution in [0.4, 0.5) is 0 Å². The second kappa shape index (κ2) is 3.37. The van der Waals surface area contributed by atoms with Crippen LogP contribution in [0.25, 0.3) is 0 Å². The molecule has 80 valence electrons. The van der Waals surface area contributed by atoms with Crippen LogP contribution in [0.3, 0.4) is 0 Å². The third-order valence-electron chi connectivity index (χ3n) is 2.57. The molecule has 0 bridgehead atoms. The highest BCUT2D eigenvalue weighted by Crippen LogP contribution is 2.34. The molecule has 1 N–H and O–H groups in total. The lowest BCUT2D eigenvalue weighted by Gasteiger charge is -2.39. The molecule has 0 saturated carbocycles. The van der Waals surface area contributed by atoms with Crippen LogP contribution in [-0.2, 0) is 4.74 Å². The van der Waals surface area contributed by atoms with Gasteiger partial charge in [-0.2, -0.15) is 0 Å². The highest BCUT2D eigenvalue weighted by molar-refractivity contribution is 7.97. The van der Waals surface area contributed by atoms with Crippen molar-refractivity contribution >= 4 is 11.9 Å². The predicted molar refractivity (Wildman–Crippen MR) is 57.0 cm³/mol. The molecule has 1 aromatic heterocycles. The summed E-state index contributed by atoms with van der Waals surface area (Å²) in [6.45, 7) is 4.12. The second-order valence-electron chi connectivity index (χ2n) is 4.02. The molecule has 0 amide bonds. The molecule has 0 radical (unpaired) electrons. The minimum Gasteiger partial charge on any atom is -0.464 e. The first-order chi connectivity index (χ1) is 7.27. The van der Waals surface area contributed by atoms with E-state index in [2.05, 4.69) is 15.8 Å². The Labute approximate surface area is 92.5 Å². The van der Waals surface area contributed by atoms with E-state index in [-0.39, 0.29) is 5.60 Å². The van der Waals surface area contributed by atoms with Crippen molar-refractivity contribution in [2.75, 3.05) is 19.8 Å². The molecule has 0 unspecified atom stereocenters. The summed E-state index contributed by atoms with van der Waals surface area (Å²) < 4.78 is 14.4. The summed E-state index contributed by atoms with van der Waals surface area (Å²) in [5.74, 6) is 0.721. The second-order valence-corrected chi connectivity index (χ2v) is 4.95. The van der Waals surface area contributed by atoms with Gasteiger partial charge < -0.3 is 9.47 Å². The van der Waals surface area contributed by atoms with Crippen molar-refractivity contribution in [3.05, 3.63) is 17.8 Å². The average Bonchev–Trinajstić information content (AvgIpc) is 2.35. The van der Waals surface area contributed by atoms with E-state index in [0.29, 0.717) is 13.2 Å². The van der Waals surface area contributed by atoms with E-state index in [4.69, 9.17) is 9.47 Å². The summed E-state index contributed by atoms with van der Waals surface area (Å²) in [6.07, 6.45) is 1.83. The Morgan fingerprint density at radius 1 is 1.53 bits per heavy atom. The lowest BCUT2D eigenvalue weighted by molar-refractivity contribution is -0.158. The number of hydrogen-bond acceptors (Lipinski definition) is 5. The first kappa shape index (κ1) is 9.45. The molecule has 2 aliphatic heterocycles. The SMILES string of the molecule is Cc1cnc2c(c1)SNCC1(COC1)O2. The molecule has 15 heavy (non-hydrogen) atoms. The van der Waals surface area contributed by atoms with Gasteiger partial charge in [-0.15, -0.1) is 0 Å². The van der Waals surface area contributed by atoms with Gasteiger partial charge in [-0.25, -0.2) is 4.98 Å². The van der Waals surface area contributed by atoms with Crippen molar-refractivity contribution < 1.29 is 9.47 Å². The molecule has 2 aliphatic rings. The summed E-state index contributed by atoms with van der Waals surface area (Å²) in [5.41, 5.74) is 0.952. The van der Waals surface area contributed by atoms with E-state index in [1.807, 2.05) is 13.1 Å². The van der Waals surface area contributed by atoms with E-state index < -0.39 is 0 Å². The maximum atomic E-state index is 5.92. The quantitative estimate of drug-likeness (QED) is 0.670. The lowest BCUT2D eigenvalue weighted by atomic mass is 10.0. The van der Waals surface area contributed by atoms with E-state index in [0.717, 1.165) is 22.9 Å². The number of nitrogens with zero attached hydrogens (tertiary/aromatic N) is 1. The van der Waals surface area contributed by atoms with Crippen molar-refractivity contribution in [1.29, 1.82) is 0 Å². The van der Waals surface area contributed by atoms with Gasteiger partial charge in [0.25, 0.3) is 0 Å². The van der Waals surface area contributed by atoms with Crippen LogP contribution < -0.4 is 9.46 Å². The summed E-state index contributed by atoms with van der Waals surface area (Å²) in [6, 6.07) is 2.08. The van der Waals surface area contributed by atoms with Gasteiger partial charge in [-0.3, -0.25) is 4.72 Å². The van der Waals surface area contributed by atoms with Crippen LogP contribution in [0.2, 0.25) is 0 Å². The zero-order valence-electron chi connectivity index (χ0n) is 8.45. The summed E-state index contributed by atoms with van der Waals surface area (Å²) >= 11 is 1.58. The largest absolute Gasteiger partial charge is 0.464 e. The van der Waals surface area contributed by atoms with Gasteiger partial charge >= 0.3 is 0 Å². The highest BCUT2D eigenvalue weighted by Gasteiger charge is 2.43. The van der Waals surface area contributed by atoms with Crippen LogP contribution >= 0.6 is 11.9 Å². The molecule has 1 spiro atoms. The third-order valence-corrected chi connectivity index (χ3v) is 3.38. The number of aryl methyl sites for hydroxylation is 1. The zero-order valence-corrected chi connectivity index (χ0v) is 9.26. The van der Waals surface area contributed by atoms with Crippen molar-refractivity contribution in [2.24, 2.45) is 0 Å². The van der Waals surface area contributed by atoms with E-state index in [1.165, 1.54) is 0 Å². The Morgan fingerprint density at radius 2 is 2.40 bits per heavy atom. The van der Waals surface area contributed by atoms with Crippen LogP contribution in [0, 0.1) is 6.92 Å². The van der Waals surface area contributed by atoms with Crippen molar-refractivity contribution in [1.82, 2.24) is 9.71 Å². The fourth-order valence-electron chi connectivity index (χ4n) is 1.66. The first-order valence-corrected chi connectivity index (χ1v) is 5.72. The maximum Gasteiger partial charge on any atom is 0.229 e. The monoisotopic (exact) mass is 224 g/mol. The molecule has 0 aliphatic carbocycles. The number of hydrogen-bond donors (Lipinski definition) is 1. The van der Waals surface area contributed by atoms with Gasteiger partial charge in [0.1, 0.15) is 0 Å². The number of nitrogens with one attached hydrogen (secondary N) is 1. The molecule has 5 heteroatoms. The van der Waals surface area contributed by atoms with Crippen molar-refractivity contribution in [2.45, 2.75) is 17.4 Å². The molecule has 1 fully saturated rings. The molecule has 1 saturated heterocycles. The molecule has 1 aromatic rings. The number of ether oxygens (including phenoxy) is 2. The normalized spacial score (nSPS) is 22.5. The number of aromatic nitrogens is 1. The van der Waals surface area contributed by atoms with Crippen LogP contribution in [-0.4, -0.2) is 30.3 Å². The van der Waals surface area contributed by atoms with Crippen molar-refractivity contribution in [3.63, 3.8) is 0 Å². The Kier molecular flexibility index (Phi) is 2.12. The standard InChI is InChI=1S/C10H12N2O2S/c1-7-2-8-9(11-3-7)14-10(4-12-15-8)5-13-6-10/h2-3,12H,4-6H2,1H3. The first-order valence-electron chi connectivity index (χ1n) is 4.91. The average molecular weight is 224 g/mol. The van der Waals surface area contributed by atoms with Gasteiger partial charge in [0.05, 0.1) is 24.7 Å². The Morgan fingerprint density at radius 3 is 3.13 bits per heavy atom. The van der Waals surface area contributed by atoms with E-state index in [9.17, 15) is 0 Å². The molecule has 0 atom stereocenters. The van der Waals surface area contributed by atoms with Gasteiger partial charge in [0, 0.05) is 6.20 Å². The Hall–Kier alpha value is -0.780. The molecular weight excluding hydrogens is 212 g/mol. The Balaban J connectivity index is 1.95.